The molecule has 1 fully saturated rings. The lowest BCUT2D eigenvalue weighted by Crippen LogP contribution is -2.44. The summed E-state index contributed by atoms with van der Waals surface area (Å²) in [6, 6.07) is 16.0. The molecule has 33 heavy (non-hydrogen) atoms. The summed E-state index contributed by atoms with van der Waals surface area (Å²) in [5.74, 6) is -0.0155. The number of likely N-dealkylation sites (N-methyl/N-ethyl adjacent to an activating group) is 1. The Kier molecular flexibility index (Phi) is 7.49. The smallest absolute Gasteiger partial charge is 0.241 e. The largest absolute Gasteiger partial charge is 0.369 e. The van der Waals surface area contributed by atoms with Crippen molar-refractivity contribution in [1.29, 1.82) is 0 Å². The first-order chi connectivity index (χ1) is 16.0. The van der Waals surface area contributed by atoms with E-state index in [2.05, 4.69) is 44.3 Å². The molecule has 2 heterocycles. The van der Waals surface area contributed by atoms with Gasteiger partial charge in [-0.25, -0.2) is 9.97 Å². The normalized spacial score (nSPS) is 14.5. The monoisotopic (exact) mass is 480 g/mol. The highest BCUT2D eigenvalue weighted by molar-refractivity contribution is 7.99. The highest BCUT2D eigenvalue weighted by Crippen LogP contribution is 2.33. The molecule has 0 unspecified atom stereocenters. The van der Waals surface area contributed by atoms with Crippen LogP contribution in [0.5, 0.6) is 0 Å². The van der Waals surface area contributed by atoms with Crippen LogP contribution in [0.3, 0.4) is 0 Å². The number of rotatable bonds is 7. The number of anilines is 3. The number of carbonyl (C=O) groups is 1. The van der Waals surface area contributed by atoms with Crippen molar-refractivity contribution in [2.24, 2.45) is 5.73 Å². The van der Waals surface area contributed by atoms with Gasteiger partial charge in [-0.15, -0.1) is 0 Å². The fourth-order valence-corrected chi connectivity index (χ4v) is 4.46. The van der Waals surface area contributed by atoms with Crippen LogP contribution in [0.4, 0.5) is 17.3 Å². The molecule has 2 aromatic carbocycles. The maximum atomic E-state index is 11.0. The molecule has 1 aliphatic heterocycles. The van der Waals surface area contributed by atoms with E-state index < -0.39 is 5.91 Å². The average molecular weight is 481 g/mol. The molecule has 0 bridgehead atoms. The van der Waals surface area contributed by atoms with Crippen LogP contribution < -0.4 is 16.0 Å². The van der Waals surface area contributed by atoms with Crippen LogP contribution in [0.1, 0.15) is 5.56 Å². The van der Waals surface area contributed by atoms with Gasteiger partial charge in [0.2, 0.25) is 11.9 Å². The lowest BCUT2D eigenvalue weighted by Gasteiger charge is -2.34. The molecule has 3 N–H and O–H groups in total. The first kappa shape index (κ1) is 23.1. The minimum absolute atomic E-state index is 0.467. The van der Waals surface area contributed by atoms with E-state index in [1.165, 1.54) is 23.5 Å². The molecule has 1 saturated heterocycles. The molecule has 1 amide bonds. The second kappa shape index (κ2) is 10.7. The zero-order chi connectivity index (χ0) is 23.2. The molecule has 4 rings (SSSR count). The van der Waals surface area contributed by atoms with Crippen molar-refractivity contribution in [3.63, 3.8) is 0 Å². The van der Waals surface area contributed by atoms with Crippen LogP contribution in [0.25, 0.3) is 6.08 Å². The third-order valence-electron chi connectivity index (χ3n) is 5.22. The number of nitrogens with two attached hydrogens (primary N) is 1. The zero-order valence-electron chi connectivity index (χ0n) is 18.2. The number of benzene rings is 2. The average Bonchev–Trinajstić information content (AvgIpc) is 2.81. The molecule has 0 aliphatic carbocycles. The fourth-order valence-electron chi connectivity index (χ4n) is 3.40. The Balaban J connectivity index is 1.44. The van der Waals surface area contributed by atoms with E-state index in [-0.39, 0.29) is 0 Å². The summed E-state index contributed by atoms with van der Waals surface area (Å²) < 4.78 is 0. The summed E-state index contributed by atoms with van der Waals surface area (Å²) in [7, 11) is 2.15. The molecule has 7 nitrogen and oxygen atoms in total. The molecule has 0 atom stereocenters. The summed E-state index contributed by atoms with van der Waals surface area (Å²) >= 11 is 7.78. The number of nitrogens with one attached hydrogen (secondary N) is 1. The van der Waals surface area contributed by atoms with Crippen molar-refractivity contribution >= 4 is 52.7 Å². The number of hydrogen-bond donors (Lipinski definition) is 2. The third-order valence-corrected chi connectivity index (χ3v) is 6.60. The number of amides is 1. The van der Waals surface area contributed by atoms with Crippen LogP contribution in [0.2, 0.25) is 5.02 Å². The van der Waals surface area contributed by atoms with Gasteiger partial charge in [-0.2, -0.15) is 0 Å². The summed E-state index contributed by atoms with van der Waals surface area (Å²) in [6.45, 7) is 4.21. The number of carbonyl (C=O) groups excluding carboxylic acids is 1. The van der Waals surface area contributed by atoms with Gasteiger partial charge in [0.1, 0.15) is 5.03 Å². The van der Waals surface area contributed by atoms with Gasteiger partial charge in [-0.05, 0) is 55.1 Å². The zero-order valence-corrected chi connectivity index (χ0v) is 19.8. The molecule has 1 aromatic heterocycles. The van der Waals surface area contributed by atoms with E-state index >= 15 is 0 Å². The Bertz CT molecular complexity index is 1150. The van der Waals surface area contributed by atoms with Crippen LogP contribution in [0, 0.1) is 0 Å². The number of aromatic nitrogens is 2. The first-order valence-electron chi connectivity index (χ1n) is 10.5. The lowest BCUT2D eigenvalue weighted by atomic mass is 10.2. The number of hydrogen-bond acceptors (Lipinski definition) is 7. The van der Waals surface area contributed by atoms with Crippen LogP contribution >= 0.6 is 23.4 Å². The summed E-state index contributed by atoms with van der Waals surface area (Å²) in [5.41, 5.74) is 8.16. The van der Waals surface area contributed by atoms with Crippen molar-refractivity contribution in [2.45, 2.75) is 9.92 Å². The maximum Gasteiger partial charge on any atom is 0.241 e. The molecular formula is C24H25ClN6OS. The Labute approximate surface area is 202 Å². The fraction of sp³-hybridized carbons (Fsp3) is 0.208. The van der Waals surface area contributed by atoms with Gasteiger partial charge in [0.05, 0.1) is 11.2 Å². The standard InChI is InChI=1S/C24H25ClN6OS/c1-30-11-13-31(14-12-30)19-8-6-18(7-9-19)28-24-27-16-21(25)23(29-24)33-20-4-2-3-17(15-20)5-10-22(26)32/h2-10,15-16H,11-14H2,1H3,(H2,26,32)(H,27,28,29). The van der Waals surface area contributed by atoms with Gasteiger partial charge < -0.3 is 20.9 Å². The van der Waals surface area contributed by atoms with E-state index in [0.29, 0.717) is 16.0 Å². The van der Waals surface area contributed by atoms with Crippen molar-refractivity contribution in [3.8, 4) is 0 Å². The van der Waals surface area contributed by atoms with Gasteiger partial charge in [0.25, 0.3) is 0 Å². The predicted octanol–water partition coefficient (Wildman–Crippen LogP) is 4.28. The van der Waals surface area contributed by atoms with E-state index in [1.54, 1.807) is 12.3 Å². The summed E-state index contributed by atoms with van der Waals surface area (Å²) in [5, 5.41) is 4.36. The van der Waals surface area contributed by atoms with E-state index in [4.69, 9.17) is 17.3 Å². The van der Waals surface area contributed by atoms with Crippen molar-refractivity contribution < 1.29 is 4.79 Å². The van der Waals surface area contributed by atoms with Crippen molar-refractivity contribution in [1.82, 2.24) is 14.9 Å². The van der Waals surface area contributed by atoms with Crippen LogP contribution in [-0.4, -0.2) is 54.0 Å². The number of piperazine rings is 1. The van der Waals surface area contributed by atoms with Crippen molar-refractivity contribution in [2.75, 3.05) is 43.4 Å². The Morgan fingerprint density at radius 3 is 2.64 bits per heavy atom. The van der Waals surface area contributed by atoms with Crippen LogP contribution in [0.15, 0.2) is 70.7 Å². The maximum absolute atomic E-state index is 11.0. The molecular weight excluding hydrogens is 456 g/mol. The van der Waals surface area contributed by atoms with E-state index in [1.807, 2.05) is 36.4 Å². The highest BCUT2D eigenvalue weighted by Gasteiger charge is 2.14. The molecule has 3 aromatic rings. The molecule has 0 saturated carbocycles. The molecule has 9 heteroatoms. The second-order valence-electron chi connectivity index (χ2n) is 7.72. The van der Waals surface area contributed by atoms with Gasteiger partial charge in [-0.3, -0.25) is 4.79 Å². The topological polar surface area (TPSA) is 87.4 Å². The van der Waals surface area contributed by atoms with Gasteiger partial charge in [-0.1, -0.05) is 35.5 Å². The van der Waals surface area contributed by atoms with Crippen molar-refractivity contribution in [3.05, 3.63) is 71.4 Å². The summed E-state index contributed by atoms with van der Waals surface area (Å²) in [6.07, 6.45) is 4.60. The Morgan fingerprint density at radius 1 is 1.15 bits per heavy atom. The Morgan fingerprint density at radius 2 is 1.91 bits per heavy atom. The number of primary amides is 1. The third kappa shape index (κ3) is 6.47. The van der Waals surface area contributed by atoms with Crippen LogP contribution in [-0.2, 0) is 4.79 Å². The first-order valence-corrected chi connectivity index (χ1v) is 11.7. The molecule has 0 radical (unpaired) electrons. The minimum Gasteiger partial charge on any atom is -0.369 e. The van der Waals surface area contributed by atoms with E-state index in [0.717, 1.165) is 42.3 Å². The Hall–Kier alpha value is -3.07. The molecule has 170 valence electrons. The second-order valence-corrected chi connectivity index (χ2v) is 9.19. The molecule has 1 aliphatic rings. The number of halogens is 1. The molecule has 0 spiro atoms. The highest BCUT2D eigenvalue weighted by atomic mass is 35.5. The number of nitrogens with zero attached hydrogens (tertiary/aromatic N) is 4. The van der Waals surface area contributed by atoms with Gasteiger partial charge in [0, 0.05) is 48.5 Å². The predicted molar refractivity (Wildman–Crippen MR) is 135 cm³/mol. The lowest BCUT2D eigenvalue weighted by molar-refractivity contribution is -0.113. The SMILES string of the molecule is CN1CCN(c2ccc(Nc3ncc(Cl)c(Sc4cccc(C=CC(N)=O)c4)n3)cc2)CC1. The quantitative estimate of drug-likeness (QED) is 0.385. The van der Waals surface area contributed by atoms with Gasteiger partial charge in [0.15, 0.2) is 0 Å². The van der Waals surface area contributed by atoms with Gasteiger partial charge >= 0.3 is 0 Å². The van der Waals surface area contributed by atoms with E-state index in [9.17, 15) is 4.79 Å². The summed E-state index contributed by atoms with van der Waals surface area (Å²) in [4.78, 5) is 25.6. The minimum atomic E-state index is -0.487.